The molecule has 1 aromatic heterocycles. The zero-order valence-electron chi connectivity index (χ0n) is 15.7. The number of thiazole rings is 1. The molecule has 3 rings (SSSR count). The number of aromatic nitrogens is 1. The Kier molecular flexibility index (Phi) is 6.44. The van der Waals surface area contributed by atoms with Gasteiger partial charge in [0.2, 0.25) is 5.13 Å². The standard InChI is InChI=1S/C21H23N3O2S/c1-4-25-20-11-17(12-22-24-21-23-16(3)14-27-21)9-10-19(20)26-13-18-8-6-5-7-15(18)2/h5-12,14H,4,13H2,1-3H3,(H,23,24). The molecule has 27 heavy (non-hydrogen) atoms. The maximum absolute atomic E-state index is 5.99. The number of nitrogens with zero attached hydrogens (tertiary/aromatic N) is 2. The average Bonchev–Trinajstić information content (AvgIpc) is 3.08. The van der Waals surface area contributed by atoms with Crippen molar-refractivity contribution in [2.45, 2.75) is 27.4 Å². The van der Waals surface area contributed by atoms with Gasteiger partial charge in [0.15, 0.2) is 11.5 Å². The Labute approximate surface area is 163 Å². The molecular formula is C21H23N3O2S. The number of benzene rings is 2. The van der Waals surface area contributed by atoms with Crippen molar-refractivity contribution in [2.24, 2.45) is 5.10 Å². The van der Waals surface area contributed by atoms with Crippen molar-refractivity contribution in [3.05, 3.63) is 70.2 Å². The first-order valence-corrected chi connectivity index (χ1v) is 9.69. The summed E-state index contributed by atoms with van der Waals surface area (Å²) < 4.78 is 11.7. The van der Waals surface area contributed by atoms with Crippen molar-refractivity contribution >= 4 is 22.7 Å². The van der Waals surface area contributed by atoms with E-state index >= 15 is 0 Å². The lowest BCUT2D eigenvalue weighted by Crippen LogP contribution is -2.01. The molecule has 2 aromatic carbocycles. The predicted molar refractivity (Wildman–Crippen MR) is 111 cm³/mol. The van der Waals surface area contributed by atoms with Gasteiger partial charge in [0.05, 0.1) is 18.5 Å². The fourth-order valence-corrected chi connectivity index (χ4v) is 3.12. The zero-order chi connectivity index (χ0) is 19.1. The van der Waals surface area contributed by atoms with Crippen LogP contribution in [-0.4, -0.2) is 17.8 Å². The normalized spacial score (nSPS) is 10.9. The van der Waals surface area contributed by atoms with E-state index in [9.17, 15) is 0 Å². The Bertz CT molecular complexity index is 921. The molecule has 3 aromatic rings. The molecule has 0 bridgehead atoms. The third kappa shape index (κ3) is 5.31. The highest BCUT2D eigenvalue weighted by molar-refractivity contribution is 7.13. The Hall–Kier alpha value is -2.86. The van der Waals surface area contributed by atoms with Gasteiger partial charge in [0.1, 0.15) is 6.61 Å². The summed E-state index contributed by atoms with van der Waals surface area (Å²) >= 11 is 1.52. The van der Waals surface area contributed by atoms with Crippen molar-refractivity contribution in [2.75, 3.05) is 12.0 Å². The summed E-state index contributed by atoms with van der Waals surface area (Å²) in [5.41, 5.74) is 7.21. The van der Waals surface area contributed by atoms with Crippen molar-refractivity contribution < 1.29 is 9.47 Å². The van der Waals surface area contributed by atoms with Crippen LogP contribution in [0.4, 0.5) is 5.13 Å². The van der Waals surface area contributed by atoms with Crippen LogP contribution >= 0.6 is 11.3 Å². The fourth-order valence-electron chi connectivity index (χ4n) is 2.49. The van der Waals surface area contributed by atoms with Crippen LogP contribution < -0.4 is 14.9 Å². The summed E-state index contributed by atoms with van der Waals surface area (Å²) in [4.78, 5) is 4.31. The first-order chi connectivity index (χ1) is 13.2. The Balaban J connectivity index is 1.69. The zero-order valence-corrected chi connectivity index (χ0v) is 16.5. The second-order valence-electron chi connectivity index (χ2n) is 6.02. The minimum absolute atomic E-state index is 0.505. The highest BCUT2D eigenvalue weighted by atomic mass is 32.1. The molecule has 0 spiro atoms. The highest BCUT2D eigenvalue weighted by Gasteiger charge is 2.07. The maximum Gasteiger partial charge on any atom is 0.203 e. The van der Waals surface area contributed by atoms with Crippen LogP contribution in [0.5, 0.6) is 11.5 Å². The van der Waals surface area contributed by atoms with Gasteiger partial charge < -0.3 is 9.47 Å². The van der Waals surface area contributed by atoms with Gasteiger partial charge in [-0.1, -0.05) is 24.3 Å². The first kappa shape index (κ1) is 18.9. The summed E-state index contributed by atoms with van der Waals surface area (Å²) in [6, 6.07) is 14.0. The van der Waals surface area contributed by atoms with Crippen molar-refractivity contribution in [3.8, 4) is 11.5 Å². The Morgan fingerprint density at radius 3 is 2.70 bits per heavy atom. The monoisotopic (exact) mass is 381 g/mol. The lowest BCUT2D eigenvalue weighted by molar-refractivity contribution is 0.269. The SMILES string of the molecule is CCOc1cc(C=NNc2nc(C)cs2)ccc1OCc1ccccc1C. The Morgan fingerprint density at radius 2 is 1.96 bits per heavy atom. The van der Waals surface area contributed by atoms with E-state index in [1.54, 1.807) is 6.21 Å². The largest absolute Gasteiger partial charge is 0.490 e. The summed E-state index contributed by atoms with van der Waals surface area (Å²) in [5, 5.41) is 6.99. The minimum Gasteiger partial charge on any atom is -0.490 e. The van der Waals surface area contributed by atoms with Gasteiger partial charge in [-0.15, -0.1) is 11.3 Å². The molecule has 0 aliphatic heterocycles. The van der Waals surface area contributed by atoms with Gasteiger partial charge in [-0.05, 0) is 55.7 Å². The molecule has 0 saturated heterocycles. The van der Waals surface area contributed by atoms with Crippen LogP contribution in [0.25, 0.3) is 0 Å². The molecular weight excluding hydrogens is 358 g/mol. The number of rotatable bonds is 8. The molecule has 0 unspecified atom stereocenters. The van der Waals surface area contributed by atoms with Crippen LogP contribution in [0, 0.1) is 13.8 Å². The number of hydrogen-bond donors (Lipinski definition) is 1. The van der Waals surface area contributed by atoms with E-state index in [1.165, 1.54) is 16.9 Å². The number of hydrazone groups is 1. The van der Waals surface area contributed by atoms with E-state index in [0.717, 1.165) is 27.7 Å². The third-order valence-corrected chi connectivity index (χ3v) is 4.77. The average molecular weight is 382 g/mol. The molecule has 0 fully saturated rings. The predicted octanol–water partition coefficient (Wildman–Crippen LogP) is 5.18. The van der Waals surface area contributed by atoms with Gasteiger partial charge >= 0.3 is 0 Å². The van der Waals surface area contributed by atoms with E-state index in [0.29, 0.717) is 19.0 Å². The van der Waals surface area contributed by atoms with Gasteiger partial charge in [-0.2, -0.15) is 5.10 Å². The molecule has 0 radical (unpaired) electrons. The summed E-state index contributed by atoms with van der Waals surface area (Å²) in [5.74, 6) is 1.43. The van der Waals surface area contributed by atoms with Crippen molar-refractivity contribution in [1.29, 1.82) is 0 Å². The van der Waals surface area contributed by atoms with Crippen LogP contribution in [0.1, 0.15) is 29.3 Å². The van der Waals surface area contributed by atoms with Gasteiger partial charge in [0, 0.05) is 5.38 Å². The third-order valence-electron chi connectivity index (χ3n) is 3.90. The van der Waals surface area contributed by atoms with Crippen LogP contribution in [0.15, 0.2) is 52.9 Å². The topological polar surface area (TPSA) is 55.7 Å². The lowest BCUT2D eigenvalue weighted by atomic mass is 10.1. The summed E-state index contributed by atoms with van der Waals surface area (Å²) in [7, 11) is 0. The molecule has 0 saturated carbocycles. The molecule has 6 heteroatoms. The van der Waals surface area contributed by atoms with E-state index in [-0.39, 0.29) is 0 Å². The van der Waals surface area contributed by atoms with Crippen LogP contribution in [0.3, 0.4) is 0 Å². The number of anilines is 1. The molecule has 0 aliphatic rings. The number of ether oxygens (including phenoxy) is 2. The van der Waals surface area contributed by atoms with E-state index in [1.807, 2.05) is 49.6 Å². The smallest absolute Gasteiger partial charge is 0.203 e. The Morgan fingerprint density at radius 1 is 1.11 bits per heavy atom. The molecule has 0 amide bonds. The number of hydrogen-bond acceptors (Lipinski definition) is 6. The van der Waals surface area contributed by atoms with E-state index in [2.05, 4.69) is 34.6 Å². The summed E-state index contributed by atoms with van der Waals surface area (Å²) in [6.45, 7) is 7.06. The second-order valence-corrected chi connectivity index (χ2v) is 6.88. The second kappa shape index (κ2) is 9.19. The number of aryl methyl sites for hydroxylation is 2. The van der Waals surface area contributed by atoms with E-state index in [4.69, 9.17) is 9.47 Å². The van der Waals surface area contributed by atoms with Crippen molar-refractivity contribution in [3.63, 3.8) is 0 Å². The molecule has 0 atom stereocenters. The first-order valence-electron chi connectivity index (χ1n) is 8.81. The van der Waals surface area contributed by atoms with Crippen LogP contribution in [0.2, 0.25) is 0 Å². The molecule has 0 aliphatic carbocycles. The van der Waals surface area contributed by atoms with E-state index < -0.39 is 0 Å². The molecule has 5 nitrogen and oxygen atoms in total. The van der Waals surface area contributed by atoms with Gasteiger partial charge in [0.25, 0.3) is 0 Å². The summed E-state index contributed by atoms with van der Waals surface area (Å²) in [6.07, 6.45) is 1.74. The molecule has 1 N–H and O–H groups in total. The molecule has 1 heterocycles. The van der Waals surface area contributed by atoms with Gasteiger partial charge in [-0.3, -0.25) is 5.43 Å². The quantitative estimate of drug-likeness (QED) is 0.431. The lowest BCUT2D eigenvalue weighted by Gasteiger charge is -2.13. The molecule has 140 valence electrons. The van der Waals surface area contributed by atoms with Crippen LogP contribution in [-0.2, 0) is 6.61 Å². The highest BCUT2D eigenvalue weighted by Crippen LogP contribution is 2.29. The minimum atomic E-state index is 0.505. The number of nitrogens with one attached hydrogen (secondary N) is 1. The van der Waals surface area contributed by atoms with Crippen molar-refractivity contribution in [1.82, 2.24) is 4.98 Å². The fraction of sp³-hybridized carbons (Fsp3) is 0.238. The van der Waals surface area contributed by atoms with Gasteiger partial charge in [-0.25, -0.2) is 4.98 Å². The maximum atomic E-state index is 5.99.